The van der Waals surface area contributed by atoms with E-state index in [4.69, 9.17) is 0 Å². The van der Waals surface area contributed by atoms with Gasteiger partial charge in [-0.25, -0.2) is 0 Å². The number of nitrogens with zero attached hydrogens (tertiary/aromatic N) is 1. The predicted molar refractivity (Wildman–Crippen MR) is 138 cm³/mol. The molecule has 0 radical (unpaired) electrons. The molecule has 4 nitrogen and oxygen atoms in total. The van der Waals surface area contributed by atoms with Gasteiger partial charge in [0.25, 0.3) is 5.91 Å². The molecule has 1 aliphatic heterocycles. The zero-order valence-electron chi connectivity index (χ0n) is 19.4. The molecule has 1 saturated heterocycles. The van der Waals surface area contributed by atoms with Crippen molar-refractivity contribution in [1.82, 2.24) is 0 Å². The number of carbonyl (C=O) groups excluding carboxylic acids is 2. The Morgan fingerprint density at radius 3 is 2.39 bits per heavy atom. The van der Waals surface area contributed by atoms with Gasteiger partial charge in [0.2, 0.25) is 5.91 Å². The minimum Gasteiger partial charge on any atom is -0.322 e. The summed E-state index contributed by atoms with van der Waals surface area (Å²) in [5, 5.41) is 2.91. The number of nitrogens with one attached hydrogen (secondary N) is 1. The molecule has 0 aliphatic carbocycles. The molecule has 1 atom stereocenters. The normalized spacial score (nSPS) is 15.7. The maximum atomic E-state index is 12.7. The summed E-state index contributed by atoms with van der Waals surface area (Å²) in [6.07, 6.45) is 3.36. The molecule has 1 heterocycles. The lowest BCUT2D eigenvalue weighted by Gasteiger charge is -2.25. The second-order valence-corrected chi connectivity index (χ2v) is 9.64. The van der Waals surface area contributed by atoms with E-state index in [2.05, 4.69) is 38.2 Å². The van der Waals surface area contributed by atoms with Crippen LogP contribution in [0.4, 0.5) is 11.4 Å². The first-order valence-corrected chi connectivity index (χ1v) is 12.5. The van der Waals surface area contributed by atoms with Crippen molar-refractivity contribution in [3.05, 3.63) is 94.5 Å². The summed E-state index contributed by atoms with van der Waals surface area (Å²) in [5.74, 6) is 0.463. The Kier molecular flexibility index (Phi) is 7.19. The zero-order chi connectivity index (χ0) is 23.4. The highest BCUT2D eigenvalue weighted by atomic mass is 32.2. The fourth-order valence-electron chi connectivity index (χ4n) is 3.96. The fraction of sp³-hybridized carbons (Fsp3) is 0.286. The van der Waals surface area contributed by atoms with Gasteiger partial charge in [0.15, 0.2) is 0 Å². The Bertz CT molecular complexity index is 1140. The highest BCUT2D eigenvalue weighted by molar-refractivity contribution is 8.00. The van der Waals surface area contributed by atoms with Crippen LogP contribution in [0.2, 0.25) is 0 Å². The molecule has 0 aromatic heterocycles. The molecule has 33 heavy (non-hydrogen) atoms. The third-order valence-corrected chi connectivity index (χ3v) is 7.34. The largest absolute Gasteiger partial charge is 0.322 e. The van der Waals surface area contributed by atoms with Gasteiger partial charge < -0.3 is 5.32 Å². The lowest BCUT2D eigenvalue weighted by molar-refractivity contribution is -0.115. The van der Waals surface area contributed by atoms with Gasteiger partial charge >= 0.3 is 0 Å². The second kappa shape index (κ2) is 10.3. The summed E-state index contributed by atoms with van der Waals surface area (Å²) >= 11 is 1.63. The summed E-state index contributed by atoms with van der Waals surface area (Å²) in [6, 6.07) is 21.8. The van der Waals surface area contributed by atoms with Crippen LogP contribution in [0.25, 0.3) is 0 Å². The molecule has 4 rings (SSSR count). The topological polar surface area (TPSA) is 49.4 Å². The highest BCUT2D eigenvalue weighted by Crippen LogP contribution is 2.42. The molecule has 0 bridgehead atoms. The van der Waals surface area contributed by atoms with Gasteiger partial charge in [-0.15, -0.1) is 11.8 Å². The van der Waals surface area contributed by atoms with E-state index in [1.807, 2.05) is 59.5 Å². The number of hydrogen-bond acceptors (Lipinski definition) is 3. The van der Waals surface area contributed by atoms with Gasteiger partial charge in [-0.05, 0) is 85.3 Å². The monoisotopic (exact) mass is 458 g/mol. The molecule has 1 aliphatic rings. The van der Waals surface area contributed by atoms with Crippen LogP contribution in [0.3, 0.4) is 0 Å². The molecular weight excluding hydrogens is 428 g/mol. The van der Waals surface area contributed by atoms with Crippen molar-refractivity contribution < 1.29 is 9.59 Å². The number of thioether (sulfide) groups is 1. The summed E-state index contributed by atoms with van der Waals surface area (Å²) in [4.78, 5) is 27.2. The average molecular weight is 459 g/mol. The van der Waals surface area contributed by atoms with Gasteiger partial charge in [0, 0.05) is 16.9 Å². The van der Waals surface area contributed by atoms with Crippen LogP contribution >= 0.6 is 11.8 Å². The van der Waals surface area contributed by atoms with Crippen molar-refractivity contribution in [3.63, 3.8) is 0 Å². The van der Waals surface area contributed by atoms with Crippen LogP contribution in [0.15, 0.2) is 66.7 Å². The Balaban J connectivity index is 1.45. The number of rotatable bonds is 7. The first-order chi connectivity index (χ1) is 16.0. The molecule has 3 aromatic carbocycles. The number of hydrogen-bond donors (Lipinski definition) is 1. The van der Waals surface area contributed by atoms with E-state index in [1.165, 1.54) is 16.7 Å². The minimum absolute atomic E-state index is 0.0694. The van der Waals surface area contributed by atoms with Crippen LogP contribution < -0.4 is 10.2 Å². The summed E-state index contributed by atoms with van der Waals surface area (Å²) in [5.41, 5.74) is 7.01. The molecule has 170 valence electrons. The number of anilines is 2. The van der Waals surface area contributed by atoms with Crippen LogP contribution in [-0.4, -0.2) is 17.6 Å². The molecular formula is C28H30N2O2S. The third-order valence-electron chi connectivity index (χ3n) is 6.13. The maximum absolute atomic E-state index is 12.7. The zero-order valence-corrected chi connectivity index (χ0v) is 20.2. The highest BCUT2D eigenvalue weighted by Gasteiger charge is 2.34. The van der Waals surface area contributed by atoms with Gasteiger partial charge in [-0.3, -0.25) is 14.5 Å². The van der Waals surface area contributed by atoms with Crippen molar-refractivity contribution in [2.45, 2.75) is 45.4 Å². The number of benzene rings is 3. The van der Waals surface area contributed by atoms with E-state index in [9.17, 15) is 9.59 Å². The molecule has 1 N–H and O–H groups in total. The van der Waals surface area contributed by atoms with E-state index in [0.29, 0.717) is 11.3 Å². The predicted octanol–water partition coefficient (Wildman–Crippen LogP) is 6.68. The first-order valence-electron chi connectivity index (χ1n) is 11.5. The second-order valence-electron chi connectivity index (χ2n) is 8.57. The Labute approximate surface area is 200 Å². The number of unbranched alkanes of at least 4 members (excludes halogenated alkanes) is 1. The average Bonchev–Trinajstić information content (AvgIpc) is 3.21. The van der Waals surface area contributed by atoms with Crippen molar-refractivity contribution in [2.75, 3.05) is 16.0 Å². The lowest BCUT2D eigenvalue weighted by atomic mass is 10.1. The number of carbonyl (C=O) groups is 2. The summed E-state index contributed by atoms with van der Waals surface area (Å²) in [6.45, 7) is 6.32. The number of aryl methyl sites for hydroxylation is 3. The quantitative estimate of drug-likeness (QED) is 0.430. The van der Waals surface area contributed by atoms with Gasteiger partial charge in [-0.1, -0.05) is 43.7 Å². The van der Waals surface area contributed by atoms with Crippen molar-refractivity contribution in [3.8, 4) is 0 Å². The van der Waals surface area contributed by atoms with Crippen molar-refractivity contribution >= 4 is 35.0 Å². The van der Waals surface area contributed by atoms with Gasteiger partial charge in [0.05, 0.1) is 5.75 Å². The Hall–Kier alpha value is -3.05. The maximum Gasteiger partial charge on any atom is 0.255 e. The van der Waals surface area contributed by atoms with E-state index >= 15 is 0 Å². The van der Waals surface area contributed by atoms with Crippen LogP contribution in [0.5, 0.6) is 0 Å². The SMILES string of the molecule is CCCCc1ccc(C(=O)Nc2ccc([C@H]3SCC(=O)N3c3ccc(C)c(C)c3)cc2)cc1. The molecule has 5 heteroatoms. The van der Waals surface area contributed by atoms with Gasteiger partial charge in [-0.2, -0.15) is 0 Å². The molecule has 3 aromatic rings. The van der Waals surface area contributed by atoms with Crippen LogP contribution in [-0.2, 0) is 11.2 Å². The van der Waals surface area contributed by atoms with Crippen molar-refractivity contribution in [1.29, 1.82) is 0 Å². The summed E-state index contributed by atoms with van der Waals surface area (Å²) < 4.78 is 0. The molecule has 0 saturated carbocycles. The standard InChI is InChI=1S/C28H30N2O2S/c1-4-5-6-21-8-10-22(11-9-21)27(32)29-24-14-12-23(13-15-24)28-30(26(31)18-33-28)25-16-7-19(2)20(3)17-25/h7-17,28H,4-6,18H2,1-3H3,(H,29,32)/t28-/m1/s1. The van der Waals surface area contributed by atoms with Crippen molar-refractivity contribution in [2.24, 2.45) is 0 Å². The van der Waals surface area contributed by atoms with Crippen LogP contribution in [0.1, 0.15) is 57.8 Å². The third kappa shape index (κ3) is 5.31. The van der Waals surface area contributed by atoms with E-state index in [-0.39, 0.29) is 17.2 Å². The fourth-order valence-corrected chi connectivity index (χ4v) is 5.14. The van der Waals surface area contributed by atoms with Gasteiger partial charge in [0.1, 0.15) is 5.37 Å². The Morgan fingerprint density at radius 2 is 1.73 bits per heavy atom. The van der Waals surface area contributed by atoms with Crippen LogP contribution in [0, 0.1) is 13.8 Å². The minimum atomic E-state index is -0.119. The summed E-state index contributed by atoms with van der Waals surface area (Å²) in [7, 11) is 0. The molecule has 1 fully saturated rings. The first kappa shape index (κ1) is 23.1. The smallest absolute Gasteiger partial charge is 0.255 e. The molecule has 0 spiro atoms. The van der Waals surface area contributed by atoms with E-state index in [0.717, 1.165) is 36.2 Å². The number of amides is 2. The van der Waals surface area contributed by atoms with E-state index < -0.39 is 0 Å². The van der Waals surface area contributed by atoms with E-state index in [1.54, 1.807) is 11.8 Å². The molecule has 0 unspecified atom stereocenters. The Morgan fingerprint density at radius 1 is 1.00 bits per heavy atom. The lowest BCUT2D eigenvalue weighted by Crippen LogP contribution is -2.27. The molecule has 2 amide bonds.